The summed E-state index contributed by atoms with van der Waals surface area (Å²) in [6.45, 7) is 0.860. The minimum Gasteiger partial charge on any atom is -0.368 e. The topological polar surface area (TPSA) is 68.0 Å². The zero-order valence-corrected chi connectivity index (χ0v) is 10.7. The average Bonchev–Trinajstić information content (AvgIpc) is 3.22. The zero-order chi connectivity index (χ0) is 13.2. The molecule has 4 heteroatoms. The third kappa shape index (κ3) is 2.74. The Kier molecular flexibility index (Phi) is 3.17. The predicted molar refractivity (Wildman–Crippen MR) is 74.4 cm³/mol. The fraction of sp³-hybridized carbons (Fsp3) is 0.333. The number of rotatable bonds is 5. The number of nitrogens with one attached hydrogen (secondary N) is 1. The summed E-state index contributed by atoms with van der Waals surface area (Å²) in [7, 11) is 0. The van der Waals surface area contributed by atoms with Crippen molar-refractivity contribution in [2.45, 2.75) is 18.9 Å². The van der Waals surface area contributed by atoms with Crippen LogP contribution >= 0.6 is 0 Å². The molecule has 0 aliphatic heterocycles. The second-order valence-electron chi connectivity index (χ2n) is 5.14. The number of carbonyl (C=O) groups excluding carboxylic acids is 1. The summed E-state index contributed by atoms with van der Waals surface area (Å²) in [5.74, 6) is 0.382. The SMILES string of the molecule is NC(=O)C(NCC1CC1)c1ccc2ncccc2c1. The number of hydrogen-bond acceptors (Lipinski definition) is 3. The summed E-state index contributed by atoms with van der Waals surface area (Å²) < 4.78 is 0. The number of primary amides is 1. The molecule has 19 heavy (non-hydrogen) atoms. The van der Waals surface area contributed by atoms with Gasteiger partial charge in [-0.1, -0.05) is 12.1 Å². The predicted octanol–water partition coefficient (Wildman–Crippen LogP) is 1.76. The van der Waals surface area contributed by atoms with E-state index in [-0.39, 0.29) is 5.91 Å². The van der Waals surface area contributed by atoms with E-state index < -0.39 is 6.04 Å². The molecule has 0 bridgehead atoms. The molecule has 0 spiro atoms. The highest BCUT2D eigenvalue weighted by molar-refractivity contribution is 5.85. The van der Waals surface area contributed by atoms with Crippen LogP contribution in [0.4, 0.5) is 0 Å². The van der Waals surface area contributed by atoms with Crippen molar-refractivity contribution in [3.05, 3.63) is 42.1 Å². The molecular formula is C15H17N3O. The number of aromatic nitrogens is 1. The Morgan fingerprint density at radius 2 is 2.26 bits per heavy atom. The highest BCUT2D eigenvalue weighted by Gasteiger charge is 2.24. The zero-order valence-electron chi connectivity index (χ0n) is 10.7. The second kappa shape index (κ2) is 4.97. The Hall–Kier alpha value is -1.94. The van der Waals surface area contributed by atoms with Crippen LogP contribution in [0.2, 0.25) is 0 Å². The van der Waals surface area contributed by atoms with Crippen LogP contribution in [0.1, 0.15) is 24.4 Å². The summed E-state index contributed by atoms with van der Waals surface area (Å²) in [5, 5.41) is 4.29. The van der Waals surface area contributed by atoms with Crippen molar-refractivity contribution >= 4 is 16.8 Å². The van der Waals surface area contributed by atoms with E-state index in [2.05, 4.69) is 10.3 Å². The Bertz CT molecular complexity index is 607. The minimum atomic E-state index is -0.412. The molecule has 3 N–H and O–H groups in total. The van der Waals surface area contributed by atoms with Gasteiger partial charge in [0.05, 0.1) is 5.52 Å². The average molecular weight is 255 g/mol. The third-order valence-electron chi connectivity index (χ3n) is 3.55. The highest BCUT2D eigenvalue weighted by Crippen LogP contribution is 2.29. The molecule has 1 aromatic carbocycles. The number of amides is 1. The molecule has 1 aliphatic rings. The van der Waals surface area contributed by atoms with Crippen molar-refractivity contribution in [3.63, 3.8) is 0 Å². The van der Waals surface area contributed by atoms with Gasteiger partial charge in [-0.3, -0.25) is 9.78 Å². The fourth-order valence-corrected chi connectivity index (χ4v) is 2.26. The summed E-state index contributed by atoms with van der Waals surface area (Å²) >= 11 is 0. The molecule has 1 fully saturated rings. The van der Waals surface area contributed by atoms with Gasteiger partial charge >= 0.3 is 0 Å². The van der Waals surface area contributed by atoms with Crippen molar-refractivity contribution in [1.29, 1.82) is 0 Å². The van der Waals surface area contributed by atoms with Gasteiger partial charge in [-0.05, 0) is 49.1 Å². The first kappa shape index (κ1) is 12.1. The summed E-state index contributed by atoms with van der Waals surface area (Å²) in [6.07, 6.45) is 4.26. The first-order chi connectivity index (χ1) is 9.24. The molecule has 1 aromatic heterocycles. The molecule has 2 aromatic rings. The van der Waals surface area contributed by atoms with Crippen molar-refractivity contribution in [1.82, 2.24) is 10.3 Å². The molecule has 1 aliphatic carbocycles. The minimum absolute atomic E-state index is 0.330. The monoisotopic (exact) mass is 255 g/mol. The summed E-state index contributed by atoms with van der Waals surface area (Å²) in [6, 6.07) is 9.31. The molecule has 1 unspecified atom stereocenters. The van der Waals surface area contributed by atoms with Crippen molar-refractivity contribution < 1.29 is 4.79 Å². The van der Waals surface area contributed by atoms with Crippen molar-refractivity contribution in [2.75, 3.05) is 6.54 Å². The van der Waals surface area contributed by atoms with E-state index in [0.29, 0.717) is 5.92 Å². The number of pyridine rings is 1. The number of hydrogen-bond donors (Lipinski definition) is 2. The van der Waals surface area contributed by atoms with E-state index >= 15 is 0 Å². The Morgan fingerprint density at radius 3 is 3.00 bits per heavy atom. The van der Waals surface area contributed by atoms with Gasteiger partial charge in [0.1, 0.15) is 6.04 Å². The summed E-state index contributed by atoms with van der Waals surface area (Å²) in [5.41, 5.74) is 7.34. The van der Waals surface area contributed by atoms with Crippen LogP contribution < -0.4 is 11.1 Å². The Morgan fingerprint density at radius 1 is 1.42 bits per heavy atom. The molecule has 1 heterocycles. The maximum Gasteiger partial charge on any atom is 0.239 e. The van der Waals surface area contributed by atoms with Crippen LogP contribution in [0.25, 0.3) is 10.9 Å². The number of nitrogens with two attached hydrogens (primary N) is 1. The van der Waals surface area contributed by atoms with Gasteiger partial charge in [0.15, 0.2) is 0 Å². The van der Waals surface area contributed by atoms with E-state index in [9.17, 15) is 4.79 Å². The van der Waals surface area contributed by atoms with E-state index in [0.717, 1.165) is 23.0 Å². The maximum atomic E-state index is 11.6. The number of fused-ring (bicyclic) bond motifs is 1. The van der Waals surface area contributed by atoms with Crippen molar-refractivity contribution in [2.24, 2.45) is 11.7 Å². The first-order valence-corrected chi connectivity index (χ1v) is 6.61. The van der Waals surface area contributed by atoms with E-state index in [1.807, 2.05) is 30.3 Å². The van der Waals surface area contributed by atoms with Crippen molar-refractivity contribution in [3.8, 4) is 0 Å². The normalized spacial score (nSPS) is 16.4. The van der Waals surface area contributed by atoms with Gasteiger partial charge in [0.2, 0.25) is 5.91 Å². The Balaban J connectivity index is 1.87. The number of nitrogens with zero attached hydrogens (tertiary/aromatic N) is 1. The van der Waals surface area contributed by atoms with Crippen LogP contribution in [-0.2, 0) is 4.79 Å². The van der Waals surface area contributed by atoms with Gasteiger partial charge < -0.3 is 11.1 Å². The third-order valence-corrected chi connectivity index (χ3v) is 3.55. The van der Waals surface area contributed by atoms with E-state index in [4.69, 9.17) is 5.73 Å². The molecule has 1 saturated carbocycles. The standard InChI is InChI=1S/C15H17N3O/c16-15(19)14(18-9-10-3-4-10)12-5-6-13-11(8-12)2-1-7-17-13/h1-2,5-8,10,14,18H,3-4,9H2,(H2,16,19). The summed E-state index contributed by atoms with van der Waals surface area (Å²) in [4.78, 5) is 15.9. The van der Waals surface area contributed by atoms with Gasteiger partial charge in [-0.15, -0.1) is 0 Å². The number of benzene rings is 1. The molecule has 3 rings (SSSR count). The first-order valence-electron chi connectivity index (χ1n) is 6.61. The second-order valence-corrected chi connectivity index (χ2v) is 5.14. The van der Waals surface area contributed by atoms with Gasteiger partial charge in [-0.2, -0.15) is 0 Å². The lowest BCUT2D eigenvalue weighted by atomic mass is 10.0. The fourth-order valence-electron chi connectivity index (χ4n) is 2.26. The highest BCUT2D eigenvalue weighted by atomic mass is 16.1. The lowest BCUT2D eigenvalue weighted by Gasteiger charge is -2.16. The quantitative estimate of drug-likeness (QED) is 0.855. The lowest BCUT2D eigenvalue weighted by molar-refractivity contribution is -0.120. The molecule has 0 radical (unpaired) electrons. The Labute approximate surface area is 112 Å². The maximum absolute atomic E-state index is 11.6. The molecule has 1 amide bonds. The van der Waals surface area contributed by atoms with Crippen LogP contribution in [-0.4, -0.2) is 17.4 Å². The van der Waals surface area contributed by atoms with E-state index in [1.165, 1.54) is 12.8 Å². The molecular weight excluding hydrogens is 238 g/mol. The van der Waals surface area contributed by atoms with Crippen LogP contribution in [0.3, 0.4) is 0 Å². The lowest BCUT2D eigenvalue weighted by Crippen LogP contribution is -2.34. The number of carbonyl (C=O) groups is 1. The van der Waals surface area contributed by atoms with Crippen LogP contribution in [0.15, 0.2) is 36.5 Å². The molecule has 1 atom stereocenters. The van der Waals surface area contributed by atoms with E-state index in [1.54, 1.807) is 6.20 Å². The van der Waals surface area contributed by atoms with Gasteiger partial charge in [-0.25, -0.2) is 0 Å². The van der Waals surface area contributed by atoms with Gasteiger partial charge in [0.25, 0.3) is 0 Å². The van der Waals surface area contributed by atoms with Gasteiger partial charge in [0, 0.05) is 11.6 Å². The molecule has 4 nitrogen and oxygen atoms in total. The smallest absolute Gasteiger partial charge is 0.239 e. The van der Waals surface area contributed by atoms with Crippen LogP contribution in [0, 0.1) is 5.92 Å². The molecule has 98 valence electrons. The van der Waals surface area contributed by atoms with Crippen LogP contribution in [0.5, 0.6) is 0 Å². The molecule has 0 saturated heterocycles. The largest absolute Gasteiger partial charge is 0.368 e.